The molecule has 2 bridgehead atoms. The number of aliphatic hydroxyl groups is 1. The Kier molecular flexibility index (Phi) is 3.38. The number of hydrogen-bond acceptors (Lipinski definition) is 1. The van der Waals surface area contributed by atoms with Crippen LogP contribution >= 0.6 is 11.6 Å². The Morgan fingerprint density at radius 2 is 2.00 bits per heavy atom. The maximum absolute atomic E-state index is 10.8. The monoisotopic (exact) mass is 256 g/mol. The van der Waals surface area contributed by atoms with Crippen LogP contribution in [0.1, 0.15) is 52.9 Å². The van der Waals surface area contributed by atoms with Gasteiger partial charge in [-0.1, -0.05) is 19.1 Å². The third-order valence-electron chi connectivity index (χ3n) is 5.74. The highest BCUT2D eigenvalue weighted by Gasteiger charge is 2.61. The van der Waals surface area contributed by atoms with Gasteiger partial charge < -0.3 is 5.11 Å². The molecule has 0 aromatic heterocycles. The first kappa shape index (κ1) is 13.4. The molecule has 17 heavy (non-hydrogen) atoms. The predicted molar refractivity (Wildman–Crippen MR) is 73.3 cm³/mol. The first-order valence-electron chi connectivity index (χ1n) is 6.81. The standard InChI is InChI=1S/C15H25ClO/c1-10(2)13(16)7-8-14(3)11-5-6-12(9-11)15(14,4)17/h11-13,17H,1,5-9H2,2-4H3/t11-,12+,13?,14+,15?/m1/s1. The maximum atomic E-state index is 10.8. The second-order valence-electron chi connectivity index (χ2n) is 6.62. The van der Waals surface area contributed by atoms with Crippen LogP contribution in [-0.2, 0) is 0 Å². The smallest absolute Gasteiger partial charge is 0.0703 e. The molecule has 0 radical (unpaired) electrons. The summed E-state index contributed by atoms with van der Waals surface area (Å²) in [6.45, 7) is 10.2. The average Bonchev–Trinajstić information content (AvgIpc) is 2.79. The third-order valence-corrected chi connectivity index (χ3v) is 6.33. The molecule has 2 heteroatoms. The van der Waals surface area contributed by atoms with Gasteiger partial charge in [0.1, 0.15) is 0 Å². The molecule has 0 spiro atoms. The van der Waals surface area contributed by atoms with Gasteiger partial charge in [0.05, 0.1) is 11.0 Å². The van der Waals surface area contributed by atoms with Crippen LogP contribution in [0.2, 0.25) is 0 Å². The van der Waals surface area contributed by atoms with Gasteiger partial charge in [-0.2, -0.15) is 0 Å². The zero-order valence-electron chi connectivity index (χ0n) is 11.3. The molecule has 0 aromatic rings. The minimum atomic E-state index is -0.498. The highest BCUT2D eigenvalue weighted by Crippen LogP contribution is 2.63. The fourth-order valence-corrected chi connectivity index (χ4v) is 4.19. The van der Waals surface area contributed by atoms with Crippen molar-refractivity contribution in [3.63, 3.8) is 0 Å². The lowest BCUT2D eigenvalue weighted by Crippen LogP contribution is -2.48. The molecule has 1 nitrogen and oxygen atoms in total. The molecule has 0 saturated heterocycles. The summed E-state index contributed by atoms with van der Waals surface area (Å²) in [4.78, 5) is 0. The molecule has 0 aromatic carbocycles. The van der Waals surface area contributed by atoms with Crippen molar-refractivity contribution in [1.29, 1.82) is 0 Å². The van der Waals surface area contributed by atoms with Gasteiger partial charge in [-0.15, -0.1) is 11.6 Å². The lowest BCUT2D eigenvalue weighted by atomic mass is 9.62. The molecule has 98 valence electrons. The van der Waals surface area contributed by atoms with E-state index in [4.69, 9.17) is 11.6 Å². The van der Waals surface area contributed by atoms with Gasteiger partial charge in [0.25, 0.3) is 0 Å². The summed E-state index contributed by atoms with van der Waals surface area (Å²) in [5.41, 5.74) is 0.596. The Labute approximate surface area is 110 Å². The van der Waals surface area contributed by atoms with Crippen LogP contribution < -0.4 is 0 Å². The predicted octanol–water partition coefficient (Wildman–Crippen LogP) is 4.14. The molecule has 2 aliphatic carbocycles. The zero-order valence-corrected chi connectivity index (χ0v) is 12.1. The van der Waals surface area contributed by atoms with Crippen LogP contribution in [0.3, 0.4) is 0 Å². The van der Waals surface area contributed by atoms with Gasteiger partial charge in [0, 0.05) is 0 Å². The number of allylic oxidation sites excluding steroid dienone is 1. The van der Waals surface area contributed by atoms with Crippen molar-refractivity contribution in [3.8, 4) is 0 Å². The van der Waals surface area contributed by atoms with Crippen LogP contribution in [-0.4, -0.2) is 16.1 Å². The summed E-state index contributed by atoms with van der Waals surface area (Å²) >= 11 is 6.27. The largest absolute Gasteiger partial charge is 0.389 e. The van der Waals surface area contributed by atoms with Crippen molar-refractivity contribution in [3.05, 3.63) is 12.2 Å². The Balaban J connectivity index is 2.06. The molecule has 0 amide bonds. The molecule has 0 heterocycles. The van der Waals surface area contributed by atoms with Gasteiger partial charge in [-0.3, -0.25) is 0 Å². The van der Waals surface area contributed by atoms with Crippen LogP contribution in [0.4, 0.5) is 0 Å². The van der Waals surface area contributed by atoms with Crippen molar-refractivity contribution in [2.75, 3.05) is 0 Å². The van der Waals surface area contributed by atoms with Crippen molar-refractivity contribution in [1.82, 2.24) is 0 Å². The molecule has 2 unspecified atom stereocenters. The van der Waals surface area contributed by atoms with E-state index in [9.17, 15) is 5.11 Å². The third kappa shape index (κ3) is 1.96. The van der Waals surface area contributed by atoms with Gasteiger partial charge >= 0.3 is 0 Å². The Morgan fingerprint density at radius 1 is 1.41 bits per heavy atom. The van der Waals surface area contributed by atoms with E-state index in [1.807, 2.05) is 13.8 Å². The summed E-state index contributed by atoms with van der Waals surface area (Å²) in [6.07, 6.45) is 5.66. The molecular formula is C15H25ClO. The quantitative estimate of drug-likeness (QED) is 0.592. The number of alkyl halides is 1. The van der Waals surface area contributed by atoms with Gasteiger partial charge in [-0.25, -0.2) is 0 Å². The lowest BCUT2D eigenvalue weighted by Gasteiger charge is -2.46. The summed E-state index contributed by atoms with van der Waals surface area (Å²) in [5, 5.41) is 10.8. The van der Waals surface area contributed by atoms with E-state index in [1.165, 1.54) is 19.3 Å². The molecule has 2 rings (SSSR count). The zero-order chi connectivity index (χ0) is 12.8. The SMILES string of the molecule is C=C(C)C(Cl)CC[C@@]1(C)[C@@H]2CC[C@@H](C2)C1(C)O. The highest BCUT2D eigenvalue weighted by atomic mass is 35.5. The van der Waals surface area contributed by atoms with E-state index in [2.05, 4.69) is 13.5 Å². The van der Waals surface area contributed by atoms with E-state index in [0.717, 1.165) is 18.4 Å². The highest BCUT2D eigenvalue weighted by molar-refractivity contribution is 6.22. The van der Waals surface area contributed by atoms with Gasteiger partial charge in [-0.05, 0) is 63.2 Å². The van der Waals surface area contributed by atoms with Crippen LogP contribution in [0.25, 0.3) is 0 Å². The molecule has 0 aliphatic heterocycles. The fraction of sp³-hybridized carbons (Fsp3) is 0.867. The second kappa shape index (κ2) is 4.28. The van der Waals surface area contributed by atoms with Crippen LogP contribution in [0.5, 0.6) is 0 Å². The van der Waals surface area contributed by atoms with E-state index in [-0.39, 0.29) is 10.8 Å². The number of rotatable bonds is 4. The number of hydrogen-bond donors (Lipinski definition) is 1. The topological polar surface area (TPSA) is 20.2 Å². The first-order valence-corrected chi connectivity index (χ1v) is 7.24. The number of halogens is 1. The molecule has 5 atom stereocenters. The van der Waals surface area contributed by atoms with Crippen LogP contribution in [0.15, 0.2) is 12.2 Å². The molecule has 2 fully saturated rings. The number of fused-ring (bicyclic) bond motifs is 2. The summed E-state index contributed by atoms with van der Waals surface area (Å²) in [6, 6.07) is 0. The van der Waals surface area contributed by atoms with Gasteiger partial charge in [0.2, 0.25) is 0 Å². The van der Waals surface area contributed by atoms with E-state index < -0.39 is 5.60 Å². The summed E-state index contributed by atoms with van der Waals surface area (Å²) < 4.78 is 0. The van der Waals surface area contributed by atoms with Crippen molar-refractivity contribution < 1.29 is 5.11 Å². The Hall–Kier alpha value is -0.0100. The van der Waals surface area contributed by atoms with Gasteiger partial charge in [0.15, 0.2) is 0 Å². The maximum Gasteiger partial charge on any atom is 0.0703 e. The lowest BCUT2D eigenvalue weighted by molar-refractivity contribution is -0.105. The van der Waals surface area contributed by atoms with Crippen molar-refractivity contribution in [2.45, 2.75) is 63.9 Å². The van der Waals surface area contributed by atoms with E-state index >= 15 is 0 Å². The summed E-state index contributed by atoms with van der Waals surface area (Å²) in [7, 11) is 0. The minimum absolute atomic E-state index is 0.0541. The fourth-order valence-electron chi connectivity index (χ4n) is 4.08. The molecule has 2 aliphatic rings. The first-order chi connectivity index (χ1) is 7.79. The normalized spacial score (nSPS) is 46.2. The minimum Gasteiger partial charge on any atom is -0.389 e. The Morgan fingerprint density at radius 3 is 2.47 bits per heavy atom. The molecule has 1 N–H and O–H groups in total. The summed E-state index contributed by atoms with van der Waals surface area (Å²) in [5.74, 6) is 1.20. The van der Waals surface area contributed by atoms with Crippen LogP contribution in [0, 0.1) is 17.3 Å². The molecular weight excluding hydrogens is 232 g/mol. The molecule has 2 saturated carbocycles. The van der Waals surface area contributed by atoms with E-state index in [0.29, 0.717) is 11.8 Å². The Bertz CT molecular complexity index is 323. The average molecular weight is 257 g/mol. The second-order valence-corrected chi connectivity index (χ2v) is 7.15. The van der Waals surface area contributed by atoms with Crippen molar-refractivity contribution in [2.24, 2.45) is 17.3 Å². The van der Waals surface area contributed by atoms with Crippen molar-refractivity contribution >= 4 is 11.6 Å². The van der Waals surface area contributed by atoms with E-state index in [1.54, 1.807) is 0 Å².